The Labute approximate surface area is 322 Å². The van der Waals surface area contributed by atoms with Crippen LogP contribution in [0.3, 0.4) is 0 Å². The van der Waals surface area contributed by atoms with E-state index in [2.05, 4.69) is 175 Å². The Hall–Kier alpha value is -5.70. The van der Waals surface area contributed by atoms with Gasteiger partial charge in [-0.25, -0.2) is 0 Å². The molecule has 262 valence electrons. The Kier molecular flexibility index (Phi) is 8.70. The number of hydrogen-bond acceptors (Lipinski definition) is 2. The Morgan fingerprint density at radius 3 is 2.06 bits per heavy atom. The molecule has 0 radical (unpaired) electrons. The van der Waals surface area contributed by atoms with E-state index in [4.69, 9.17) is 0 Å². The molecule has 1 fully saturated rings. The lowest BCUT2D eigenvalue weighted by atomic mass is 9.80. The van der Waals surface area contributed by atoms with E-state index in [9.17, 15) is 0 Å². The molecule has 0 unspecified atom stereocenters. The van der Waals surface area contributed by atoms with Crippen LogP contribution in [0.2, 0.25) is 0 Å². The van der Waals surface area contributed by atoms with E-state index in [-0.39, 0.29) is 0 Å². The van der Waals surface area contributed by atoms with E-state index < -0.39 is 0 Å². The normalized spacial score (nSPS) is 14.6. The lowest BCUT2D eigenvalue weighted by Gasteiger charge is -2.31. The lowest BCUT2D eigenvalue weighted by molar-refractivity contribution is 0.442. The summed E-state index contributed by atoms with van der Waals surface area (Å²) in [6.07, 6.45) is 11.2. The zero-order valence-electron chi connectivity index (χ0n) is 30.5. The number of fused-ring (bicyclic) bond motifs is 4. The van der Waals surface area contributed by atoms with Gasteiger partial charge in [-0.3, -0.25) is 0 Å². The summed E-state index contributed by atoms with van der Waals surface area (Å²) in [6.45, 7) is 0. The molecule has 1 aromatic heterocycles. The maximum absolute atomic E-state index is 2.54. The van der Waals surface area contributed by atoms with Gasteiger partial charge in [-0.05, 0) is 100 Å². The highest BCUT2D eigenvalue weighted by molar-refractivity contribution is 7.26. The molecule has 0 bridgehead atoms. The minimum Gasteiger partial charge on any atom is -0.309 e. The molecule has 1 saturated carbocycles. The van der Waals surface area contributed by atoms with Gasteiger partial charge in [0, 0.05) is 37.0 Å². The first-order chi connectivity index (χ1) is 26.8. The third-order valence-electron chi connectivity index (χ3n) is 11.8. The predicted octanol–water partition coefficient (Wildman–Crippen LogP) is 13.7. The largest absolute Gasteiger partial charge is 0.309 e. The molecule has 2 aliphatic rings. The van der Waals surface area contributed by atoms with Gasteiger partial charge in [0.2, 0.25) is 0 Å². The summed E-state index contributed by atoms with van der Waals surface area (Å²) in [4.78, 5) is 2.54. The lowest BCUT2D eigenvalue weighted by Crippen LogP contribution is -2.35. The average molecular weight is 714 g/mol. The second-order valence-electron chi connectivity index (χ2n) is 14.9. The van der Waals surface area contributed by atoms with Gasteiger partial charge in [0.25, 0.3) is 0 Å². The van der Waals surface area contributed by atoms with Crippen molar-refractivity contribution in [3.05, 3.63) is 185 Å². The van der Waals surface area contributed by atoms with E-state index in [0.29, 0.717) is 5.92 Å². The number of anilines is 3. The van der Waals surface area contributed by atoms with E-state index in [1.807, 2.05) is 11.3 Å². The smallest absolute Gasteiger partial charge is 0.0540 e. The third kappa shape index (κ3) is 5.86. The molecule has 10 rings (SSSR count). The van der Waals surface area contributed by atoms with Crippen LogP contribution in [0.4, 0.5) is 17.1 Å². The molecule has 0 aliphatic heterocycles. The summed E-state index contributed by atoms with van der Waals surface area (Å²) in [6, 6.07) is 61.0. The van der Waals surface area contributed by atoms with Crippen LogP contribution in [-0.2, 0) is 0 Å². The molecular weight excluding hydrogens is 671 g/mol. The average Bonchev–Trinajstić information content (AvgIpc) is 3.64. The Bertz CT molecular complexity index is 2770. The number of hydrogen-bond donors (Lipinski definition) is 0. The summed E-state index contributed by atoms with van der Waals surface area (Å²) in [5, 5.41) is 5.55. The van der Waals surface area contributed by atoms with Crippen molar-refractivity contribution in [2.75, 3.05) is 4.90 Å². The van der Waals surface area contributed by atoms with Crippen LogP contribution in [-0.4, -0.2) is 0 Å². The maximum Gasteiger partial charge on any atom is 0.0540 e. The highest BCUT2D eigenvalue weighted by Gasteiger charge is 2.25. The van der Waals surface area contributed by atoms with Crippen LogP contribution >= 0.6 is 11.3 Å². The van der Waals surface area contributed by atoms with Crippen LogP contribution < -0.4 is 15.3 Å². The summed E-state index contributed by atoms with van der Waals surface area (Å²) in [5.74, 6) is 0.630. The summed E-state index contributed by atoms with van der Waals surface area (Å²) >= 11 is 1.90. The van der Waals surface area contributed by atoms with Crippen LogP contribution in [0.25, 0.3) is 54.1 Å². The topological polar surface area (TPSA) is 3.24 Å². The SMILES string of the molecule is C1=c2cccc(C3CCCCC3)c2=C(c2ccccc2N(c2cccc(-c3cccc4c3sc3ccccc34)c2)c2ccccc2-c2ccccc2)CC1. The van der Waals surface area contributed by atoms with Gasteiger partial charge in [-0.2, -0.15) is 0 Å². The first-order valence-electron chi connectivity index (χ1n) is 19.7. The monoisotopic (exact) mass is 713 g/mol. The highest BCUT2D eigenvalue weighted by atomic mass is 32.1. The van der Waals surface area contributed by atoms with Crippen LogP contribution in [0.5, 0.6) is 0 Å². The highest BCUT2D eigenvalue weighted by Crippen LogP contribution is 2.46. The first-order valence-corrected chi connectivity index (χ1v) is 20.5. The molecule has 0 atom stereocenters. The van der Waals surface area contributed by atoms with Crippen molar-refractivity contribution in [3.63, 3.8) is 0 Å². The number of benzene rings is 7. The van der Waals surface area contributed by atoms with E-state index in [1.165, 1.54) is 107 Å². The van der Waals surface area contributed by atoms with Gasteiger partial charge in [-0.1, -0.05) is 159 Å². The van der Waals surface area contributed by atoms with Gasteiger partial charge >= 0.3 is 0 Å². The minimum absolute atomic E-state index is 0.630. The minimum atomic E-state index is 0.630. The number of para-hydroxylation sites is 2. The summed E-state index contributed by atoms with van der Waals surface area (Å²) < 4.78 is 2.67. The van der Waals surface area contributed by atoms with E-state index in [0.717, 1.165) is 18.5 Å². The molecule has 2 aliphatic carbocycles. The van der Waals surface area contributed by atoms with Crippen LogP contribution in [0.1, 0.15) is 62.0 Å². The molecular formula is C52H43NS. The number of rotatable bonds is 7. The van der Waals surface area contributed by atoms with Gasteiger partial charge in [-0.15, -0.1) is 11.3 Å². The molecule has 0 amide bonds. The fourth-order valence-corrected chi connectivity index (χ4v) is 10.5. The molecule has 0 N–H and O–H groups in total. The second-order valence-corrected chi connectivity index (χ2v) is 16.0. The maximum atomic E-state index is 2.54. The van der Waals surface area contributed by atoms with Crippen molar-refractivity contribution in [2.45, 2.75) is 50.9 Å². The predicted molar refractivity (Wildman–Crippen MR) is 233 cm³/mol. The van der Waals surface area contributed by atoms with Crippen molar-refractivity contribution in [3.8, 4) is 22.3 Å². The van der Waals surface area contributed by atoms with Gasteiger partial charge in [0.15, 0.2) is 0 Å². The van der Waals surface area contributed by atoms with Crippen LogP contribution in [0, 0.1) is 0 Å². The first kappa shape index (κ1) is 32.9. The number of nitrogens with zero attached hydrogens (tertiary/aromatic N) is 1. The standard InChI is InChI=1S/C52H43NS/c1-3-17-36(18-4-1)41-25-7-10-32-48(41)53(40-24-13-23-39(35-40)43-29-16-31-47-45-27-9-12-34-50(45)54-52(43)47)49-33-11-8-26-44(49)46-30-15-22-38-21-14-28-42(51(38)46)37-19-5-2-6-20-37/h1,3-4,7-14,16-18,21-29,31-35,37H,2,5-6,15,19-20,30H2. The summed E-state index contributed by atoms with van der Waals surface area (Å²) in [7, 11) is 0. The van der Waals surface area contributed by atoms with E-state index in [1.54, 1.807) is 5.56 Å². The molecule has 1 nitrogen and oxygen atoms in total. The zero-order valence-corrected chi connectivity index (χ0v) is 31.4. The van der Waals surface area contributed by atoms with Gasteiger partial charge in [0.05, 0.1) is 11.4 Å². The van der Waals surface area contributed by atoms with Crippen molar-refractivity contribution in [2.24, 2.45) is 0 Å². The quantitative estimate of drug-likeness (QED) is 0.159. The fraction of sp³-hybridized carbons (Fsp3) is 0.154. The van der Waals surface area contributed by atoms with E-state index >= 15 is 0 Å². The Balaban J connectivity index is 1.22. The molecule has 0 saturated heterocycles. The second kappa shape index (κ2) is 14.3. The fourth-order valence-electron chi connectivity index (χ4n) is 9.28. The van der Waals surface area contributed by atoms with Crippen molar-refractivity contribution < 1.29 is 0 Å². The summed E-state index contributed by atoms with van der Waals surface area (Å²) in [5.41, 5.74) is 12.9. The molecule has 1 heterocycles. The van der Waals surface area contributed by atoms with Crippen molar-refractivity contribution in [1.29, 1.82) is 0 Å². The van der Waals surface area contributed by atoms with Gasteiger partial charge < -0.3 is 4.90 Å². The molecule has 2 heteroatoms. The van der Waals surface area contributed by atoms with Gasteiger partial charge in [0.1, 0.15) is 0 Å². The molecule has 0 spiro atoms. The Morgan fingerprint density at radius 1 is 0.519 bits per heavy atom. The molecule has 7 aromatic carbocycles. The Morgan fingerprint density at radius 2 is 1.19 bits per heavy atom. The van der Waals surface area contributed by atoms with Crippen molar-refractivity contribution in [1.82, 2.24) is 0 Å². The third-order valence-corrected chi connectivity index (χ3v) is 13.0. The molecule has 8 aromatic rings. The number of thiophene rings is 1. The molecule has 54 heavy (non-hydrogen) atoms. The zero-order chi connectivity index (χ0) is 35.8. The van der Waals surface area contributed by atoms with Crippen LogP contribution in [0.15, 0.2) is 164 Å². The van der Waals surface area contributed by atoms with Crippen molar-refractivity contribution >= 4 is 60.2 Å².